The Morgan fingerprint density at radius 1 is 1.44 bits per heavy atom. The molecule has 1 rings (SSSR count). The molecular weight excluding hydrogens is 238 g/mol. The number of anilines is 1. The lowest BCUT2D eigenvalue weighted by molar-refractivity contribution is -0.384. The number of hydrogen-bond donors (Lipinski definition) is 3. The number of carboxylic acids is 1. The summed E-state index contributed by atoms with van der Waals surface area (Å²) in [6.45, 7) is 1.31. The monoisotopic (exact) mass is 253 g/mol. The van der Waals surface area contributed by atoms with E-state index in [0.29, 0.717) is 6.54 Å². The minimum atomic E-state index is -1.11. The number of carbonyl (C=O) groups is 1. The lowest BCUT2D eigenvalue weighted by Gasteiger charge is -2.07. The minimum absolute atomic E-state index is 0.0247. The first-order valence-electron chi connectivity index (χ1n) is 5.46. The maximum atomic E-state index is 10.8. The molecule has 0 spiro atoms. The van der Waals surface area contributed by atoms with E-state index >= 15 is 0 Å². The minimum Gasteiger partial charge on any atom is -0.478 e. The van der Waals surface area contributed by atoms with Crippen LogP contribution >= 0.6 is 0 Å². The van der Waals surface area contributed by atoms with Crippen molar-refractivity contribution in [3.05, 3.63) is 33.9 Å². The zero-order valence-corrected chi connectivity index (χ0v) is 9.97. The molecule has 0 aliphatic heterocycles. The molecular formula is C11H15N3O4. The average Bonchev–Trinajstić information content (AvgIpc) is 2.34. The Hall–Kier alpha value is -2.15. The van der Waals surface area contributed by atoms with Crippen molar-refractivity contribution in [1.82, 2.24) is 5.32 Å². The van der Waals surface area contributed by atoms with Crippen LogP contribution < -0.4 is 10.6 Å². The number of nitro groups is 1. The third-order valence-corrected chi connectivity index (χ3v) is 2.36. The van der Waals surface area contributed by atoms with Crippen LogP contribution in [0.3, 0.4) is 0 Å². The second kappa shape index (κ2) is 6.55. The topological polar surface area (TPSA) is 104 Å². The predicted molar refractivity (Wildman–Crippen MR) is 67.1 cm³/mol. The van der Waals surface area contributed by atoms with E-state index in [1.807, 2.05) is 7.05 Å². The molecule has 1 aromatic carbocycles. The summed E-state index contributed by atoms with van der Waals surface area (Å²) in [6.07, 6.45) is 0.783. The van der Waals surface area contributed by atoms with Crippen LogP contribution in [-0.2, 0) is 0 Å². The van der Waals surface area contributed by atoms with Crippen LogP contribution in [0.5, 0.6) is 0 Å². The van der Waals surface area contributed by atoms with Gasteiger partial charge in [0.15, 0.2) is 0 Å². The van der Waals surface area contributed by atoms with Crippen molar-refractivity contribution in [2.75, 3.05) is 25.5 Å². The number of nitro benzene ring substituents is 1. The van der Waals surface area contributed by atoms with Crippen LogP contribution in [0, 0.1) is 10.1 Å². The maximum Gasteiger partial charge on any atom is 0.335 e. The van der Waals surface area contributed by atoms with E-state index in [2.05, 4.69) is 10.6 Å². The first kappa shape index (κ1) is 13.9. The van der Waals surface area contributed by atoms with Crippen LogP contribution in [0.4, 0.5) is 11.4 Å². The summed E-state index contributed by atoms with van der Waals surface area (Å²) in [6, 6.07) is 3.70. The highest BCUT2D eigenvalue weighted by atomic mass is 16.6. The van der Waals surface area contributed by atoms with Gasteiger partial charge in [0.25, 0.3) is 5.69 Å². The SMILES string of the molecule is CNCCCNc1cc(C(=O)O)ccc1[N+](=O)[O-]. The molecule has 0 fully saturated rings. The molecule has 0 aliphatic carbocycles. The van der Waals surface area contributed by atoms with Gasteiger partial charge in [-0.1, -0.05) is 0 Å². The van der Waals surface area contributed by atoms with Crippen molar-refractivity contribution in [2.45, 2.75) is 6.42 Å². The second-order valence-electron chi connectivity index (χ2n) is 3.68. The van der Waals surface area contributed by atoms with Gasteiger partial charge >= 0.3 is 5.97 Å². The maximum absolute atomic E-state index is 10.8. The van der Waals surface area contributed by atoms with Crippen LogP contribution in [0.25, 0.3) is 0 Å². The predicted octanol–water partition coefficient (Wildman–Crippen LogP) is 1.31. The molecule has 7 nitrogen and oxygen atoms in total. The molecule has 18 heavy (non-hydrogen) atoms. The third kappa shape index (κ3) is 3.70. The number of rotatable bonds is 7. The fourth-order valence-electron chi connectivity index (χ4n) is 1.46. The van der Waals surface area contributed by atoms with Gasteiger partial charge < -0.3 is 15.7 Å². The van der Waals surface area contributed by atoms with Crippen LogP contribution in [0.15, 0.2) is 18.2 Å². The zero-order chi connectivity index (χ0) is 13.5. The fourth-order valence-corrected chi connectivity index (χ4v) is 1.46. The van der Waals surface area contributed by atoms with Crippen molar-refractivity contribution in [3.63, 3.8) is 0 Å². The van der Waals surface area contributed by atoms with Crippen LogP contribution in [0.2, 0.25) is 0 Å². The normalized spacial score (nSPS) is 10.1. The largest absolute Gasteiger partial charge is 0.478 e. The summed E-state index contributed by atoms with van der Waals surface area (Å²) in [7, 11) is 1.81. The van der Waals surface area contributed by atoms with Crippen molar-refractivity contribution in [3.8, 4) is 0 Å². The van der Waals surface area contributed by atoms with E-state index in [1.165, 1.54) is 18.2 Å². The molecule has 0 amide bonds. The third-order valence-electron chi connectivity index (χ3n) is 2.36. The van der Waals surface area contributed by atoms with Gasteiger partial charge in [0, 0.05) is 12.6 Å². The zero-order valence-electron chi connectivity index (χ0n) is 9.97. The summed E-state index contributed by atoms with van der Waals surface area (Å²) in [5.41, 5.74) is 0.136. The molecule has 7 heteroatoms. The van der Waals surface area contributed by atoms with Crippen LogP contribution in [-0.4, -0.2) is 36.1 Å². The van der Waals surface area contributed by atoms with Gasteiger partial charge in [0.1, 0.15) is 5.69 Å². The standard InChI is InChI=1S/C11H15N3O4/c1-12-5-2-6-13-9-7-8(11(15)16)3-4-10(9)14(17)18/h3-4,7,12-13H,2,5-6H2,1H3,(H,15,16). The molecule has 0 bridgehead atoms. The summed E-state index contributed by atoms with van der Waals surface area (Å²) < 4.78 is 0. The van der Waals surface area contributed by atoms with Gasteiger partial charge in [-0.3, -0.25) is 10.1 Å². The number of carboxylic acid groups (broad SMARTS) is 1. The molecule has 98 valence electrons. The Morgan fingerprint density at radius 3 is 2.72 bits per heavy atom. The van der Waals surface area contributed by atoms with Crippen molar-refractivity contribution < 1.29 is 14.8 Å². The van der Waals surface area contributed by atoms with Crippen LogP contribution in [0.1, 0.15) is 16.8 Å². The molecule has 3 N–H and O–H groups in total. The van der Waals surface area contributed by atoms with E-state index in [4.69, 9.17) is 5.11 Å². The number of nitrogens with zero attached hydrogens (tertiary/aromatic N) is 1. The molecule has 0 atom stereocenters. The molecule has 0 unspecified atom stereocenters. The Morgan fingerprint density at radius 2 is 2.17 bits per heavy atom. The number of benzene rings is 1. The summed E-state index contributed by atoms with van der Waals surface area (Å²) >= 11 is 0. The lowest BCUT2D eigenvalue weighted by Crippen LogP contribution is -2.13. The van der Waals surface area contributed by atoms with E-state index in [0.717, 1.165) is 13.0 Å². The van der Waals surface area contributed by atoms with Gasteiger partial charge in [0.05, 0.1) is 10.5 Å². The van der Waals surface area contributed by atoms with Gasteiger partial charge in [0.2, 0.25) is 0 Å². The van der Waals surface area contributed by atoms with Gasteiger partial charge in [-0.05, 0) is 32.1 Å². The van der Waals surface area contributed by atoms with Gasteiger partial charge in [-0.15, -0.1) is 0 Å². The molecule has 0 aromatic heterocycles. The van der Waals surface area contributed by atoms with E-state index in [1.54, 1.807) is 0 Å². The molecule has 0 aliphatic rings. The summed E-state index contributed by atoms with van der Waals surface area (Å²) in [5, 5.41) is 25.5. The van der Waals surface area contributed by atoms with E-state index < -0.39 is 10.9 Å². The highest BCUT2D eigenvalue weighted by Crippen LogP contribution is 2.25. The Kier molecular flexibility index (Phi) is 5.06. The van der Waals surface area contributed by atoms with Gasteiger partial charge in [-0.2, -0.15) is 0 Å². The summed E-state index contributed by atoms with van der Waals surface area (Å²) in [5.74, 6) is -1.11. The van der Waals surface area contributed by atoms with Crippen molar-refractivity contribution >= 4 is 17.3 Å². The molecule has 0 saturated carbocycles. The Balaban J connectivity index is 2.86. The number of hydrogen-bond acceptors (Lipinski definition) is 5. The number of aromatic carboxylic acids is 1. The molecule has 0 saturated heterocycles. The Bertz CT molecular complexity index is 448. The molecule has 0 heterocycles. The highest BCUT2D eigenvalue weighted by Gasteiger charge is 2.15. The van der Waals surface area contributed by atoms with E-state index in [9.17, 15) is 14.9 Å². The lowest BCUT2D eigenvalue weighted by atomic mass is 10.1. The first-order valence-corrected chi connectivity index (χ1v) is 5.46. The average molecular weight is 253 g/mol. The summed E-state index contributed by atoms with van der Waals surface area (Å²) in [4.78, 5) is 21.1. The molecule has 1 aromatic rings. The second-order valence-corrected chi connectivity index (χ2v) is 3.68. The highest BCUT2D eigenvalue weighted by molar-refractivity contribution is 5.90. The number of nitrogens with one attached hydrogen (secondary N) is 2. The fraction of sp³-hybridized carbons (Fsp3) is 0.364. The smallest absolute Gasteiger partial charge is 0.335 e. The Labute approximate surface area is 104 Å². The first-order chi connectivity index (χ1) is 8.56. The van der Waals surface area contributed by atoms with Gasteiger partial charge in [-0.25, -0.2) is 4.79 Å². The molecule has 0 radical (unpaired) electrons. The van der Waals surface area contributed by atoms with E-state index in [-0.39, 0.29) is 16.9 Å². The quantitative estimate of drug-likeness (QED) is 0.384. The van der Waals surface area contributed by atoms with Crippen molar-refractivity contribution in [1.29, 1.82) is 0 Å². The van der Waals surface area contributed by atoms with Crippen molar-refractivity contribution in [2.24, 2.45) is 0 Å².